The minimum Gasteiger partial charge on any atom is -0.497 e. The molecule has 0 fully saturated rings. The number of amides is 1. The highest BCUT2D eigenvalue weighted by molar-refractivity contribution is 7.89. The van der Waals surface area contributed by atoms with Gasteiger partial charge in [-0.2, -0.15) is 0 Å². The molecule has 0 atom stereocenters. The van der Waals surface area contributed by atoms with Gasteiger partial charge in [0.1, 0.15) is 11.5 Å². The van der Waals surface area contributed by atoms with Crippen LogP contribution in [-0.2, 0) is 14.8 Å². The number of halogens is 1. The number of rotatable bonds is 7. The van der Waals surface area contributed by atoms with Gasteiger partial charge in [0.15, 0.2) is 0 Å². The van der Waals surface area contributed by atoms with Crippen molar-refractivity contribution in [2.24, 2.45) is 0 Å². The summed E-state index contributed by atoms with van der Waals surface area (Å²) >= 11 is 5.78. The second-order valence-corrected chi connectivity index (χ2v) is 7.10. The second kappa shape index (κ2) is 8.19. The molecule has 0 unspecified atom stereocenters. The fourth-order valence-corrected chi connectivity index (χ4v) is 3.26. The van der Waals surface area contributed by atoms with E-state index in [-0.39, 0.29) is 9.92 Å². The van der Waals surface area contributed by atoms with Gasteiger partial charge in [-0.05, 0) is 30.3 Å². The monoisotopic (exact) mass is 384 g/mol. The van der Waals surface area contributed by atoms with E-state index in [9.17, 15) is 13.2 Å². The van der Waals surface area contributed by atoms with E-state index in [0.717, 1.165) is 0 Å². The Kier molecular flexibility index (Phi) is 6.24. The summed E-state index contributed by atoms with van der Waals surface area (Å²) in [5.74, 6) is 0.413. The highest BCUT2D eigenvalue weighted by Gasteiger charge is 2.16. The summed E-state index contributed by atoms with van der Waals surface area (Å²) in [5.41, 5.74) is 0.398. The van der Waals surface area contributed by atoms with Crippen molar-refractivity contribution >= 4 is 33.2 Å². The molecule has 134 valence electrons. The number of anilines is 1. The van der Waals surface area contributed by atoms with Crippen LogP contribution in [0.5, 0.6) is 11.5 Å². The molecule has 0 bridgehead atoms. The molecule has 0 saturated heterocycles. The van der Waals surface area contributed by atoms with Crippen molar-refractivity contribution in [3.05, 3.63) is 47.5 Å². The first kappa shape index (κ1) is 19.0. The molecule has 0 aliphatic carbocycles. The molecule has 0 radical (unpaired) electrons. The Balaban J connectivity index is 2.03. The summed E-state index contributed by atoms with van der Waals surface area (Å²) in [6.07, 6.45) is 0. The lowest BCUT2D eigenvalue weighted by atomic mass is 10.2. The lowest BCUT2D eigenvalue weighted by molar-refractivity contribution is -0.115. The van der Waals surface area contributed by atoms with E-state index in [2.05, 4.69) is 10.0 Å². The van der Waals surface area contributed by atoms with Gasteiger partial charge in [-0.3, -0.25) is 4.79 Å². The molecule has 0 heterocycles. The Bertz CT molecular complexity index is 871. The van der Waals surface area contributed by atoms with Crippen LogP contribution in [0.15, 0.2) is 47.4 Å². The van der Waals surface area contributed by atoms with Crippen molar-refractivity contribution in [1.29, 1.82) is 0 Å². The smallest absolute Gasteiger partial charge is 0.241 e. The standard InChI is InChI=1S/C16H17ClN2O5S/c1-23-12-6-7-14(15(9-12)24-2)19-16(20)10-18-25(21,22)13-5-3-4-11(17)8-13/h3-9,18H,10H2,1-2H3,(H,19,20). The van der Waals surface area contributed by atoms with E-state index in [1.54, 1.807) is 24.3 Å². The van der Waals surface area contributed by atoms with Crippen LogP contribution in [0, 0.1) is 0 Å². The van der Waals surface area contributed by atoms with Gasteiger partial charge in [0, 0.05) is 11.1 Å². The number of sulfonamides is 1. The average molecular weight is 385 g/mol. The normalized spacial score (nSPS) is 11.0. The quantitative estimate of drug-likeness (QED) is 0.763. The lowest BCUT2D eigenvalue weighted by Gasteiger charge is -2.12. The fourth-order valence-electron chi connectivity index (χ4n) is 1.97. The van der Waals surface area contributed by atoms with E-state index in [0.29, 0.717) is 17.2 Å². The number of nitrogens with one attached hydrogen (secondary N) is 2. The van der Waals surface area contributed by atoms with Crippen LogP contribution >= 0.6 is 11.6 Å². The molecular formula is C16H17ClN2O5S. The van der Waals surface area contributed by atoms with Crippen molar-refractivity contribution in [3.8, 4) is 11.5 Å². The summed E-state index contributed by atoms with van der Waals surface area (Å²) in [6.45, 7) is -0.440. The summed E-state index contributed by atoms with van der Waals surface area (Å²) in [5, 5.41) is 2.86. The zero-order chi connectivity index (χ0) is 18.4. The molecule has 7 nitrogen and oxygen atoms in total. The van der Waals surface area contributed by atoms with E-state index in [1.807, 2.05) is 0 Å². The van der Waals surface area contributed by atoms with Crippen LogP contribution in [0.4, 0.5) is 5.69 Å². The van der Waals surface area contributed by atoms with Gasteiger partial charge in [-0.15, -0.1) is 0 Å². The molecular weight excluding hydrogens is 368 g/mol. The zero-order valence-corrected chi connectivity index (χ0v) is 15.1. The van der Waals surface area contributed by atoms with Gasteiger partial charge in [-0.1, -0.05) is 17.7 Å². The molecule has 0 aliphatic heterocycles. The van der Waals surface area contributed by atoms with Gasteiger partial charge in [0.25, 0.3) is 0 Å². The first-order valence-corrected chi connectivity index (χ1v) is 8.99. The van der Waals surface area contributed by atoms with Crippen molar-refractivity contribution < 1.29 is 22.7 Å². The van der Waals surface area contributed by atoms with Crippen LogP contribution in [-0.4, -0.2) is 35.1 Å². The Morgan fingerprint density at radius 1 is 1.12 bits per heavy atom. The number of hydrogen-bond acceptors (Lipinski definition) is 5. The number of carbonyl (C=O) groups is 1. The molecule has 0 spiro atoms. The third-order valence-corrected chi connectivity index (χ3v) is 4.85. The summed E-state index contributed by atoms with van der Waals surface area (Å²) in [4.78, 5) is 12.0. The number of carbonyl (C=O) groups excluding carboxylic acids is 1. The van der Waals surface area contributed by atoms with Crippen LogP contribution < -0.4 is 19.5 Å². The van der Waals surface area contributed by atoms with Gasteiger partial charge in [-0.25, -0.2) is 13.1 Å². The Hall–Kier alpha value is -2.29. The van der Waals surface area contributed by atoms with Crippen LogP contribution in [0.3, 0.4) is 0 Å². The minimum atomic E-state index is -3.84. The largest absolute Gasteiger partial charge is 0.497 e. The number of ether oxygens (including phenoxy) is 2. The van der Waals surface area contributed by atoms with Gasteiger partial charge < -0.3 is 14.8 Å². The van der Waals surface area contributed by atoms with Gasteiger partial charge in [0.05, 0.1) is 31.3 Å². The highest BCUT2D eigenvalue weighted by atomic mass is 35.5. The zero-order valence-electron chi connectivity index (χ0n) is 13.6. The predicted octanol–water partition coefficient (Wildman–Crippen LogP) is 2.27. The molecule has 2 aromatic rings. The van der Waals surface area contributed by atoms with Crippen LogP contribution in [0.2, 0.25) is 5.02 Å². The average Bonchev–Trinajstić information content (AvgIpc) is 2.60. The van der Waals surface area contributed by atoms with E-state index in [4.69, 9.17) is 21.1 Å². The van der Waals surface area contributed by atoms with Crippen molar-refractivity contribution in [3.63, 3.8) is 0 Å². The minimum absolute atomic E-state index is 0.0187. The van der Waals surface area contributed by atoms with Crippen molar-refractivity contribution in [1.82, 2.24) is 4.72 Å². The number of hydrogen-bond donors (Lipinski definition) is 2. The SMILES string of the molecule is COc1ccc(NC(=O)CNS(=O)(=O)c2cccc(Cl)c2)c(OC)c1. The Labute approximate surface area is 151 Å². The molecule has 9 heteroatoms. The topological polar surface area (TPSA) is 93.7 Å². The molecule has 2 N–H and O–H groups in total. The van der Waals surface area contributed by atoms with Gasteiger partial charge in [0.2, 0.25) is 15.9 Å². The predicted molar refractivity (Wildman–Crippen MR) is 94.8 cm³/mol. The third kappa shape index (κ3) is 5.09. The molecule has 1 amide bonds. The number of methoxy groups -OCH3 is 2. The summed E-state index contributed by atoms with van der Waals surface area (Å²) in [6, 6.07) is 10.6. The van der Waals surface area contributed by atoms with Crippen molar-refractivity contribution in [2.75, 3.05) is 26.1 Å². The van der Waals surface area contributed by atoms with E-state index < -0.39 is 22.5 Å². The van der Waals surface area contributed by atoms with Crippen molar-refractivity contribution in [2.45, 2.75) is 4.90 Å². The molecule has 25 heavy (non-hydrogen) atoms. The summed E-state index contributed by atoms with van der Waals surface area (Å²) < 4.78 is 36.8. The first-order valence-electron chi connectivity index (χ1n) is 7.13. The van der Waals surface area contributed by atoms with Gasteiger partial charge >= 0.3 is 0 Å². The molecule has 2 aromatic carbocycles. The van der Waals surface area contributed by atoms with Crippen LogP contribution in [0.25, 0.3) is 0 Å². The Morgan fingerprint density at radius 2 is 1.88 bits per heavy atom. The fraction of sp³-hybridized carbons (Fsp3) is 0.188. The lowest BCUT2D eigenvalue weighted by Crippen LogP contribution is -2.33. The Morgan fingerprint density at radius 3 is 2.52 bits per heavy atom. The number of benzene rings is 2. The molecule has 0 saturated carbocycles. The molecule has 2 rings (SSSR count). The highest BCUT2D eigenvalue weighted by Crippen LogP contribution is 2.28. The van der Waals surface area contributed by atoms with E-state index >= 15 is 0 Å². The van der Waals surface area contributed by atoms with Crippen LogP contribution in [0.1, 0.15) is 0 Å². The maximum atomic E-state index is 12.2. The summed E-state index contributed by atoms with van der Waals surface area (Å²) in [7, 11) is -0.881. The molecule has 0 aromatic heterocycles. The van der Waals surface area contributed by atoms with E-state index in [1.165, 1.54) is 32.4 Å². The second-order valence-electron chi connectivity index (χ2n) is 4.90. The first-order chi connectivity index (χ1) is 11.9. The third-order valence-electron chi connectivity index (χ3n) is 3.21. The maximum Gasteiger partial charge on any atom is 0.241 e. The molecule has 0 aliphatic rings. The maximum absolute atomic E-state index is 12.2.